The number of furan rings is 1. The maximum absolute atomic E-state index is 6.36. The summed E-state index contributed by atoms with van der Waals surface area (Å²) in [6.45, 7) is 0. The zero-order chi connectivity index (χ0) is 33.5. The van der Waals surface area contributed by atoms with Gasteiger partial charge >= 0.3 is 0 Å². The van der Waals surface area contributed by atoms with Crippen LogP contribution in [0.5, 0.6) is 0 Å². The lowest BCUT2D eigenvalue weighted by atomic mass is 10.0. The second-order valence-electron chi connectivity index (χ2n) is 12.8. The van der Waals surface area contributed by atoms with Gasteiger partial charge in [0.1, 0.15) is 11.2 Å². The minimum atomic E-state index is 0.648. The summed E-state index contributed by atoms with van der Waals surface area (Å²) >= 11 is 1.81. The molecule has 5 nitrogen and oxygen atoms in total. The van der Waals surface area contributed by atoms with Gasteiger partial charge in [-0.15, -0.1) is 11.3 Å². The lowest BCUT2D eigenvalue weighted by Gasteiger charge is -2.13. The lowest BCUT2D eigenvalue weighted by Crippen LogP contribution is -2.01. The Morgan fingerprint density at radius 2 is 1.08 bits per heavy atom. The van der Waals surface area contributed by atoms with Crippen molar-refractivity contribution in [1.29, 1.82) is 0 Å². The summed E-state index contributed by atoms with van der Waals surface area (Å²) in [5, 5.41) is 6.89. The molecule has 6 heteroatoms. The number of aromatic nitrogens is 4. The maximum Gasteiger partial charge on any atom is 0.164 e. The molecule has 0 bridgehead atoms. The van der Waals surface area contributed by atoms with Crippen molar-refractivity contribution >= 4 is 75.3 Å². The highest BCUT2D eigenvalue weighted by Crippen LogP contribution is 2.45. The molecule has 0 fully saturated rings. The molecule has 11 aromatic rings. The zero-order valence-corrected chi connectivity index (χ0v) is 27.9. The minimum absolute atomic E-state index is 0.648. The van der Waals surface area contributed by atoms with Gasteiger partial charge in [0.05, 0.1) is 21.4 Å². The van der Waals surface area contributed by atoms with E-state index in [4.69, 9.17) is 19.4 Å². The fraction of sp³-hybridized carbons (Fsp3) is 0. The Labute approximate surface area is 295 Å². The van der Waals surface area contributed by atoms with Crippen LogP contribution in [0.2, 0.25) is 0 Å². The summed E-state index contributed by atoms with van der Waals surface area (Å²) in [4.78, 5) is 15.3. The normalized spacial score (nSPS) is 11.9. The van der Waals surface area contributed by atoms with Crippen LogP contribution in [0.4, 0.5) is 0 Å². The van der Waals surface area contributed by atoms with Crippen LogP contribution in [0.15, 0.2) is 162 Å². The predicted molar refractivity (Wildman–Crippen MR) is 211 cm³/mol. The van der Waals surface area contributed by atoms with Crippen LogP contribution in [0.25, 0.3) is 104 Å². The Bertz CT molecular complexity index is 3080. The molecule has 0 saturated carbocycles. The second kappa shape index (κ2) is 10.9. The molecule has 11 rings (SSSR count). The Kier molecular flexibility index (Phi) is 6.05. The summed E-state index contributed by atoms with van der Waals surface area (Å²) in [5.41, 5.74) is 8.07. The molecule has 0 aliphatic heterocycles. The Morgan fingerprint density at radius 1 is 0.451 bits per heavy atom. The van der Waals surface area contributed by atoms with Crippen LogP contribution < -0.4 is 0 Å². The third-order valence-electron chi connectivity index (χ3n) is 9.86. The summed E-state index contributed by atoms with van der Waals surface area (Å²) in [7, 11) is 0. The number of hydrogen-bond donors (Lipinski definition) is 0. The van der Waals surface area contributed by atoms with Crippen LogP contribution in [0, 0.1) is 0 Å². The molecular formula is C45H26N4OS. The van der Waals surface area contributed by atoms with Crippen molar-refractivity contribution in [3.63, 3.8) is 0 Å². The largest absolute Gasteiger partial charge is 0.456 e. The summed E-state index contributed by atoms with van der Waals surface area (Å²) in [6.07, 6.45) is 0. The van der Waals surface area contributed by atoms with Gasteiger partial charge in [-0.3, -0.25) is 0 Å². The quantitative estimate of drug-likeness (QED) is 0.187. The van der Waals surface area contributed by atoms with Gasteiger partial charge < -0.3 is 8.98 Å². The minimum Gasteiger partial charge on any atom is -0.456 e. The van der Waals surface area contributed by atoms with E-state index in [0.717, 1.165) is 66.1 Å². The van der Waals surface area contributed by atoms with Crippen molar-refractivity contribution < 1.29 is 4.42 Å². The zero-order valence-electron chi connectivity index (χ0n) is 27.1. The predicted octanol–water partition coefficient (Wildman–Crippen LogP) is 12.2. The van der Waals surface area contributed by atoms with Gasteiger partial charge in [0.15, 0.2) is 17.5 Å². The highest BCUT2D eigenvalue weighted by atomic mass is 32.1. The third-order valence-corrected chi connectivity index (χ3v) is 11.1. The Morgan fingerprint density at radius 3 is 1.84 bits per heavy atom. The van der Waals surface area contributed by atoms with E-state index in [2.05, 4.69) is 114 Å². The van der Waals surface area contributed by atoms with Crippen molar-refractivity contribution in [3.05, 3.63) is 158 Å². The molecule has 0 saturated heterocycles. The molecule has 4 aromatic heterocycles. The van der Waals surface area contributed by atoms with E-state index in [-0.39, 0.29) is 0 Å². The molecule has 0 aliphatic carbocycles. The van der Waals surface area contributed by atoms with Crippen molar-refractivity contribution in [2.75, 3.05) is 0 Å². The fourth-order valence-electron chi connectivity index (χ4n) is 7.55. The van der Waals surface area contributed by atoms with Gasteiger partial charge in [0.2, 0.25) is 0 Å². The molecule has 238 valence electrons. The van der Waals surface area contributed by atoms with E-state index < -0.39 is 0 Å². The van der Waals surface area contributed by atoms with E-state index in [1.165, 1.54) is 20.2 Å². The Hall–Kier alpha value is -6.63. The van der Waals surface area contributed by atoms with Crippen LogP contribution in [0.1, 0.15) is 0 Å². The average molecular weight is 671 g/mol. The van der Waals surface area contributed by atoms with Gasteiger partial charge in [-0.2, -0.15) is 0 Å². The van der Waals surface area contributed by atoms with E-state index in [1.54, 1.807) is 0 Å². The summed E-state index contributed by atoms with van der Waals surface area (Å²) in [6, 6.07) is 54.8. The van der Waals surface area contributed by atoms with E-state index in [9.17, 15) is 0 Å². The standard InChI is InChI=1S/C45H26N4OS/c1-3-13-27(14-4-1)43-46-44(28-15-5-2-6-16-28)48-45(47-43)32-23-24-36(42-41(32)31-19-9-12-22-40(31)51-42)49-35-20-10-7-17-29(35)33-26-39-34(25-37(33)49)30-18-8-11-21-38(30)50-39/h1-26H. The number of hydrogen-bond acceptors (Lipinski definition) is 5. The Balaban J connectivity index is 1.23. The van der Waals surface area contributed by atoms with Crippen molar-refractivity contribution in [1.82, 2.24) is 19.5 Å². The molecule has 7 aromatic carbocycles. The van der Waals surface area contributed by atoms with Crippen LogP contribution in [0.3, 0.4) is 0 Å². The van der Waals surface area contributed by atoms with E-state index >= 15 is 0 Å². The molecule has 0 unspecified atom stereocenters. The highest BCUT2D eigenvalue weighted by molar-refractivity contribution is 7.26. The molecule has 0 aliphatic rings. The summed E-state index contributed by atoms with van der Waals surface area (Å²) in [5.74, 6) is 1.95. The van der Waals surface area contributed by atoms with Crippen molar-refractivity contribution in [2.45, 2.75) is 0 Å². The van der Waals surface area contributed by atoms with Crippen molar-refractivity contribution in [3.8, 4) is 39.9 Å². The number of rotatable bonds is 4. The number of thiophene rings is 1. The SMILES string of the molecule is c1ccc(-c2nc(-c3ccccc3)nc(-c3ccc(-n4c5ccccc5c5cc6oc7ccccc7c6cc54)c4sc5ccccc5c34)n2)cc1. The number of benzene rings is 7. The number of fused-ring (bicyclic) bond motifs is 9. The number of para-hydroxylation sites is 2. The molecule has 4 heterocycles. The van der Waals surface area contributed by atoms with Crippen molar-refractivity contribution in [2.24, 2.45) is 0 Å². The van der Waals surface area contributed by atoms with Crippen LogP contribution in [-0.2, 0) is 0 Å². The first-order valence-electron chi connectivity index (χ1n) is 16.9. The first-order valence-corrected chi connectivity index (χ1v) is 17.8. The first kappa shape index (κ1) is 28.2. The van der Waals surface area contributed by atoms with E-state index in [1.807, 2.05) is 59.9 Å². The molecule has 0 atom stereocenters. The third kappa shape index (κ3) is 4.30. The van der Waals surface area contributed by atoms with Gasteiger partial charge in [0.25, 0.3) is 0 Å². The second-order valence-corrected chi connectivity index (χ2v) is 13.8. The van der Waals surface area contributed by atoms with Gasteiger partial charge in [0, 0.05) is 53.7 Å². The smallest absolute Gasteiger partial charge is 0.164 e. The van der Waals surface area contributed by atoms with Crippen LogP contribution in [-0.4, -0.2) is 19.5 Å². The summed E-state index contributed by atoms with van der Waals surface area (Å²) < 4.78 is 11.2. The highest BCUT2D eigenvalue weighted by Gasteiger charge is 2.22. The fourth-order valence-corrected chi connectivity index (χ4v) is 8.78. The molecule has 51 heavy (non-hydrogen) atoms. The molecular weight excluding hydrogens is 645 g/mol. The van der Waals surface area contributed by atoms with Gasteiger partial charge in [-0.05, 0) is 42.5 Å². The monoisotopic (exact) mass is 670 g/mol. The molecule has 0 amide bonds. The number of nitrogens with zero attached hydrogens (tertiary/aromatic N) is 4. The maximum atomic E-state index is 6.36. The van der Waals surface area contributed by atoms with Gasteiger partial charge in [-0.1, -0.05) is 115 Å². The lowest BCUT2D eigenvalue weighted by molar-refractivity contribution is 0.669. The molecule has 0 N–H and O–H groups in total. The average Bonchev–Trinajstić information content (AvgIpc) is 3.87. The molecule has 0 radical (unpaired) electrons. The topological polar surface area (TPSA) is 56.7 Å². The van der Waals surface area contributed by atoms with E-state index in [0.29, 0.717) is 17.5 Å². The van der Waals surface area contributed by atoms with Crippen LogP contribution >= 0.6 is 11.3 Å². The molecule has 0 spiro atoms. The van der Waals surface area contributed by atoms with Gasteiger partial charge in [-0.25, -0.2) is 15.0 Å². The first-order chi connectivity index (χ1) is 25.3.